The summed E-state index contributed by atoms with van der Waals surface area (Å²) < 4.78 is 1.70. The van der Waals surface area contributed by atoms with E-state index in [2.05, 4.69) is 64.7 Å². The van der Waals surface area contributed by atoms with Crippen LogP contribution in [0.25, 0.3) is 5.69 Å². The molecule has 1 aliphatic heterocycles. The van der Waals surface area contributed by atoms with Crippen molar-refractivity contribution < 1.29 is 0 Å². The Morgan fingerprint density at radius 3 is 2.86 bits per heavy atom. The van der Waals surface area contributed by atoms with Gasteiger partial charge in [-0.25, -0.2) is 4.68 Å². The van der Waals surface area contributed by atoms with E-state index in [0.717, 1.165) is 23.5 Å². The summed E-state index contributed by atoms with van der Waals surface area (Å²) in [6.07, 6.45) is 2.81. The number of hydrogen-bond donors (Lipinski definition) is 1. The second kappa shape index (κ2) is 5.81. The number of benzene rings is 1. The fourth-order valence-corrected chi connectivity index (χ4v) is 2.83. The molecule has 1 fully saturated rings. The number of likely N-dealkylation sites (tertiary alicyclic amines) is 1. The third-order valence-corrected chi connectivity index (χ3v) is 4.13. The van der Waals surface area contributed by atoms with Crippen molar-refractivity contribution in [3.05, 3.63) is 30.1 Å². The molecule has 21 heavy (non-hydrogen) atoms. The lowest BCUT2D eigenvalue weighted by molar-refractivity contribution is 0.274. The van der Waals surface area contributed by atoms with Gasteiger partial charge in [0.15, 0.2) is 0 Å². The monoisotopic (exact) mass is 286 g/mol. The lowest BCUT2D eigenvalue weighted by Gasteiger charge is -2.21. The molecule has 2 heterocycles. The molecular formula is C15H22N6. The average Bonchev–Trinajstić information content (AvgIpc) is 3.12. The van der Waals surface area contributed by atoms with Crippen LogP contribution >= 0.6 is 0 Å². The normalized spacial score (nSPS) is 19.3. The van der Waals surface area contributed by atoms with Crippen molar-refractivity contribution in [1.29, 1.82) is 0 Å². The first-order valence-electron chi connectivity index (χ1n) is 7.48. The third kappa shape index (κ3) is 3.05. The molecule has 0 aliphatic carbocycles. The number of hydrogen-bond acceptors (Lipinski definition) is 5. The Morgan fingerprint density at radius 1 is 1.33 bits per heavy atom. The van der Waals surface area contributed by atoms with Gasteiger partial charge in [-0.2, -0.15) is 0 Å². The van der Waals surface area contributed by atoms with Gasteiger partial charge in [0, 0.05) is 30.9 Å². The Labute approximate surface area is 125 Å². The van der Waals surface area contributed by atoms with Gasteiger partial charge in [0.25, 0.3) is 0 Å². The average molecular weight is 286 g/mol. The first-order valence-corrected chi connectivity index (χ1v) is 7.48. The van der Waals surface area contributed by atoms with E-state index < -0.39 is 0 Å². The number of nitrogens with one attached hydrogen (secondary N) is 1. The number of nitrogens with zero attached hydrogens (tertiary/aromatic N) is 5. The minimum atomic E-state index is 0.511. The highest BCUT2D eigenvalue weighted by atomic mass is 15.5. The highest BCUT2D eigenvalue weighted by Crippen LogP contribution is 2.22. The van der Waals surface area contributed by atoms with E-state index in [9.17, 15) is 0 Å². The van der Waals surface area contributed by atoms with Crippen LogP contribution in [0.1, 0.15) is 25.8 Å². The maximum Gasteiger partial charge on any atom is 0.143 e. The summed E-state index contributed by atoms with van der Waals surface area (Å²) in [6.45, 7) is 8.85. The van der Waals surface area contributed by atoms with Crippen LogP contribution in [-0.4, -0.2) is 50.3 Å². The van der Waals surface area contributed by atoms with Gasteiger partial charge in [0.2, 0.25) is 0 Å². The van der Waals surface area contributed by atoms with Crippen molar-refractivity contribution in [3.8, 4) is 5.69 Å². The highest BCUT2D eigenvalue weighted by Gasteiger charge is 2.24. The predicted molar refractivity (Wildman–Crippen MR) is 82.6 cm³/mol. The molecule has 112 valence electrons. The van der Waals surface area contributed by atoms with Gasteiger partial charge >= 0.3 is 0 Å². The van der Waals surface area contributed by atoms with Crippen molar-refractivity contribution in [2.24, 2.45) is 0 Å². The predicted octanol–water partition coefficient (Wildman–Crippen LogP) is 1.87. The molecule has 1 aliphatic rings. The van der Waals surface area contributed by atoms with Crippen molar-refractivity contribution >= 4 is 5.69 Å². The lowest BCUT2D eigenvalue weighted by Crippen LogP contribution is -2.31. The number of rotatable bonds is 4. The van der Waals surface area contributed by atoms with Crippen molar-refractivity contribution in [2.45, 2.75) is 39.3 Å². The van der Waals surface area contributed by atoms with Crippen molar-refractivity contribution in [1.82, 2.24) is 25.1 Å². The number of anilines is 1. The van der Waals surface area contributed by atoms with Gasteiger partial charge in [-0.3, -0.25) is 4.90 Å². The van der Waals surface area contributed by atoms with E-state index in [1.54, 1.807) is 11.0 Å². The van der Waals surface area contributed by atoms with Gasteiger partial charge in [0.1, 0.15) is 6.33 Å². The quantitative estimate of drug-likeness (QED) is 0.929. The smallest absolute Gasteiger partial charge is 0.143 e. The molecule has 0 bridgehead atoms. The standard InChI is InChI=1S/C15H22N6/c1-11(2)20-7-6-14(9-20)17-13-5-4-12(3)15(8-13)21-10-16-18-19-21/h4-5,8,10-11,14,17H,6-7,9H2,1-3H3. The van der Waals surface area contributed by atoms with E-state index in [0.29, 0.717) is 12.1 Å². The van der Waals surface area contributed by atoms with E-state index in [4.69, 9.17) is 0 Å². The molecule has 6 nitrogen and oxygen atoms in total. The Bertz CT molecular complexity index is 592. The summed E-state index contributed by atoms with van der Waals surface area (Å²) in [6, 6.07) is 7.47. The molecule has 3 rings (SSSR count). The molecule has 1 saturated heterocycles. The SMILES string of the molecule is Cc1ccc(NC2CCN(C(C)C)C2)cc1-n1cnnn1. The molecule has 0 saturated carbocycles. The minimum absolute atomic E-state index is 0.511. The fourth-order valence-electron chi connectivity index (χ4n) is 2.83. The van der Waals surface area contributed by atoms with Crippen LogP contribution in [0.3, 0.4) is 0 Å². The van der Waals surface area contributed by atoms with Crippen molar-refractivity contribution in [2.75, 3.05) is 18.4 Å². The van der Waals surface area contributed by atoms with Gasteiger partial charge in [-0.15, -0.1) is 5.10 Å². The zero-order valence-electron chi connectivity index (χ0n) is 12.8. The topological polar surface area (TPSA) is 58.9 Å². The van der Waals surface area contributed by atoms with Gasteiger partial charge in [-0.1, -0.05) is 6.07 Å². The molecular weight excluding hydrogens is 264 g/mol. The minimum Gasteiger partial charge on any atom is -0.381 e. The Balaban J connectivity index is 1.74. The Kier molecular flexibility index (Phi) is 3.88. The summed E-state index contributed by atoms with van der Waals surface area (Å²) in [4.78, 5) is 2.51. The third-order valence-electron chi connectivity index (χ3n) is 4.13. The largest absolute Gasteiger partial charge is 0.381 e. The van der Waals surface area contributed by atoms with E-state index in [-0.39, 0.29) is 0 Å². The van der Waals surface area contributed by atoms with E-state index in [1.807, 2.05) is 0 Å². The van der Waals surface area contributed by atoms with Crippen LogP contribution in [0.15, 0.2) is 24.5 Å². The van der Waals surface area contributed by atoms with Crippen LogP contribution in [-0.2, 0) is 0 Å². The molecule has 1 atom stereocenters. The van der Waals surface area contributed by atoms with Crippen LogP contribution in [0.5, 0.6) is 0 Å². The lowest BCUT2D eigenvalue weighted by atomic mass is 10.1. The molecule has 0 spiro atoms. The molecule has 1 aromatic carbocycles. The van der Waals surface area contributed by atoms with Gasteiger partial charge in [-0.05, 0) is 55.3 Å². The van der Waals surface area contributed by atoms with Crippen LogP contribution in [0.2, 0.25) is 0 Å². The molecule has 1 N–H and O–H groups in total. The second-order valence-electron chi connectivity index (χ2n) is 5.97. The molecule has 1 unspecified atom stereocenters. The van der Waals surface area contributed by atoms with Crippen LogP contribution in [0, 0.1) is 6.92 Å². The van der Waals surface area contributed by atoms with E-state index in [1.165, 1.54) is 13.0 Å². The summed E-state index contributed by atoms with van der Waals surface area (Å²) in [5.41, 5.74) is 3.30. The molecule has 2 aromatic rings. The van der Waals surface area contributed by atoms with Crippen molar-refractivity contribution in [3.63, 3.8) is 0 Å². The Morgan fingerprint density at radius 2 is 2.19 bits per heavy atom. The first kappa shape index (κ1) is 14.0. The Hall–Kier alpha value is -1.95. The summed E-state index contributed by atoms with van der Waals surface area (Å²) in [5.74, 6) is 0. The number of tetrazole rings is 1. The van der Waals surface area contributed by atoms with Gasteiger partial charge in [0.05, 0.1) is 5.69 Å². The highest BCUT2D eigenvalue weighted by molar-refractivity contribution is 5.55. The fraction of sp³-hybridized carbons (Fsp3) is 0.533. The molecule has 1 aromatic heterocycles. The summed E-state index contributed by atoms with van der Waals surface area (Å²) in [5, 5.41) is 15.0. The van der Waals surface area contributed by atoms with Gasteiger partial charge < -0.3 is 5.32 Å². The summed E-state index contributed by atoms with van der Waals surface area (Å²) in [7, 11) is 0. The molecule has 6 heteroatoms. The van der Waals surface area contributed by atoms with E-state index >= 15 is 0 Å². The number of aromatic nitrogens is 4. The zero-order chi connectivity index (χ0) is 14.8. The number of aryl methyl sites for hydroxylation is 1. The van der Waals surface area contributed by atoms with Crippen LogP contribution in [0.4, 0.5) is 5.69 Å². The maximum absolute atomic E-state index is 3.98. The summed E-state index contributed by atoms with van der Waals surface area (Å²) >= 11 is 0. The molecule has 0 radical (unpaired) electrons. The zero-order valence-corrected chi connectivity index (χ0v) is 12.8. The molecule has 0 amide bonds. The maximum atomic E-state index is 3.98. The first-order chi connectivity index (χ1) is 10.1. The van der Waals surface area contributed by atoms with Crippen LogP contribution < -0.4 is 5.32 Å². The second-order valence-corrected chi connectivity index (χ2v) is 5.97.